The molecule has 0 saturated carbocycles. The Bertz CT molecular complexity index is 903. The summed E-state index contributed by atoms with van der Waals surface area (Å²) in [6.45, 7) is 15.6. The molecule has 0 fully saturated rings. The average molecular weight is 502 g/mol. The molecule has 1 rings (SSSR count). The molecule has 1 unspecified atom stereocenters. The van der Waals surface area contributed by atoms with Crippen molar-refractivity contribution in [3.05, 3.63) is 47.5 Å². The molecule has 7 heteroatoms. The Morgan fingerprint density at radius 2 is 1.61 bits per heavy atom. The number of hydrogen-bond acceptors (Lipinski definition) is 5. The third-order valence-corrected chi connectivity index (χ3v) is 6.66. The number of nitrogens with one attached hydrogen (secondary N) is 2. The molecule has 0 saturated heterocycles. The summed E-state index contributed by atoms with van der Waals surface area (Å²) in [5.74, 6) is -0.826. The summed E-state index contributed by atoms with van der Waals surface area (Å²) >= 11 is 0. The zero-order valence-electron chi connectivity index (χ0n) is 23.9. The van der Waals surface area contributed by atoms with E-state index in [1.807, 2.05) is 71.9 Å². The molecular formula is C29H47N3O4. The fraction of sp³-hybridized carbons (Fsp3) is 0.621. The highest BCUT2D eigenvalue weighted by atomic mass is 16.5. The number of likely N-dealkylation sites (N-methyl/N-ethyl adjacent to an activating group) is 2. The van der Waals surface area contributed by atoms with Crippen LogP contribution in [0.2, 0.25) is 0 Å². The zero-order chi connectivity index (χ0) is 27.7. The van der Waals surface area contributed by atoms with E-state index < -0.39 is 22.9 Å². The Hall–Kier alpha value is -2.67. The van der Waals surface area contributed by atoms with Gasteiger partial charge < -0.3 is 20.3 Å². The van der Waals surface area contributed by atoms with Gasteiger partial charge in [-0.1, -0.05) is 84.4 Å². The van der Waals surface area contributed by atoms with E-state index in [1.54, 1.807) is 38.9 Å². The van der Waals surface area contributed by atoms with E-state index in [1.165, 1.54) is 0 Å². The Balaban J connectivity index is 3.25. The fourth-order valence-corrected chi connectivity index (χ4v) is 4.38. The van der Waals surface area contributed by atoms with Gasteiger partial charge in [-0.25, -0.2) is 4.79 Å². The van der Waals surface area contributed by atoms with Crippen molar-refractivity contribution in [1.82, 2.24) is 15.5 Å². The lowest BCUT2D eigenvalue weighted by atomic mass is 9.76. The van der Waals surface area contributed by atoms with E-state index in [2.05, 4.69) is 10.6 Å². The number of benzene rings is 1. The van der Waals surface area contributed by atoms with Crippen molar-refractivity contribution < 1.29 is 19.1 Å². The van der Waals surface area contributed by atoms with Crippen molar-refractivity contribution in [3.63, 3.8) is 0 Å². The number of hydrogen-bond donors (Lipinski definition) is 2. The van der Waals surface area contributed by atoms with Crippen LogP contribution in [0.15, 0.2) is 42.0 Å². The summed E-state index contributed by atoms with van der Waals surface area (Å²) in [5.41, 5.74) is 0.443. The Kier molecular flexibility index (Phi) is 11.8. The molecule has 1 aromatic carbocycles. The normalized spacial score (nSPS) is 15.0. The van der Waals surface area contributed by atoms with Gasteiger partial charge in [0.15, 0.2) is 0 Å². The number of rotatable bonds is 12. The highest BCUT2D eigenvalue weighted by Gasteiger charge is 2.41. The standard InChI is InChI=1S/C29H47N3O4/c1-11-16-22(19-20(3)27(35)36-12-2)32(10)26(34)24(28(4,5)6)31-25(33)23(30-9)29(7,8)21-17-14-13-15-18-21/h13-15,17-19,22-24,30H,11-12,16H2,1-10H3,(H,31,33)/t22-,23?,24+/m0/s1. The van der Waals surface area contributed by atoms with E-state index in [9.17, 15) is 14.4 Å². The summed E-state index contributed by atoms with van der Waals surface area (Å²) in [4.78, 5) is 41.2. The van der Waals surface area contributed by atoms with Crippen LogP contribution in [0.1, 0.15) is 73.8 Å². The minimum absolute atomic E-state index is 0.199. The van der Waals surface area contributed by atoms with Gasteiger partial charge in [0.1, 0.15) is 6.04 Å². The smallest absolute Gasteiger partial charge is 0.333 e. The third-order valence-electron chi connectivity index (χ3n) is 6.66. The molecule has 0 aromatic heterocycles. The summed E-state index contributed by atoms with van der Waals surface area (Å²) in [6, 6.07) is 8.26. The molecule has 2 N–H and O–H groups in total. The molecule has 0 heterocycles. The van der Waals surface area contributed by atoms with E-state index >= 15 is 0 Å². The van der Waals surface area contributed by atoms with Crippen molar-refractivity contribution in [2.75, 3.05) is 20.7 Å². The monoisotopic (exact) mass is 501 g/mol. The number of nitrogens with zero attached hydrogens (tertiary/aromatic N) is 1. The molecule has 36 heavy (non-hydrogen) atoms. The Morgan fingerprint density at radius 1 is 1.03 bits per heavy atom. The molecule has 2 amide bonds. The Morgan fingerprint density at radius 3 is 2.08 bits per heavy atom. The molecule has 0 aliphatic heterocycles. The van der Waals surface area contributed by atoms with Gasteiger partial charge in [0, 0.05) is 18.0 Å². The first-order chi connectivity index (χ1) is 16.7. The van der Waals surface area contributed by atoms with Gasteiger partial charge in [0.2, 0.25) is 11.8 Å². The maximum absolute atomic E-state index is 13.8. The molecule has 1 aromatic rings. The molecule has 0 aliphatic rings. The van der Waals surface area contributed by atoms with Crippen LogP contribution in [-0.2, 0) is 24.5 Å². The first-order valence-electron chi connectivity index (χ1n) is 12.9. The van der Waals surface area contributed by atoms with Gasteiger partial charge in [0.25, 0.3) is 0 Å². The van der Waals surface area contributed by atoms with E-state index in [4.69, 9.17) is 4.74 Å². The average Bonchev–Trinajstić information content (AvgIpc) is 2.81. The maximum atomic E-state index is 13.8. The Labute approximate surface area is 218 Å². The number of amides is 2. The van der Waals surface area contributed by atoms with Gasteiger partial charge in [-0.15, -0.1) is 0 Å². The number of carbonyl (C=O) groups excluding carboxylic acids is 3. The van der Waals surface area contributed by atoms with Crippen molar-refractivity contribution in [3.8, 4) is 0 Å². The highest BCUT2D eigenvalue weighted by Crippen LogP contribution is 2.29. The number of ether oxygens (including phenoxy) is 1. The summed E-state index contributed by atoms with van der Waals surface area (Å²) in [7, 11) is 3.49. The van der Waals surface area contributed by atoms with Crippen molar-refractivity contribution >= 4 is 17.8 Å². The second-order valence-electron chi connectivity index (χ2n) is 11.0. The minimum atomic E-state index is -0.756. The van der Waals surface area contributed by atoms with E-state index in [0.717, 1.165) is 12.0 Å². The quantitative estimate of drug-likeness (QED) is 0.331. The van der Waals surface area contributed by atoms with Crippen LogP contribution in [0.4, 0.5) is 0 Å². The topological polar surface area (TPSA) is 87.7 Å². The molecule has 0 radical (unpaired) electrons. The van der Waals surface area contributed by atoms with Crippen LogP contribution in [0.3, 0.4) is 0 Å². The highest BCUT2D eigenvalue weighted by molar-refractivity contribution is 5.92. The van der Waals surface area contributed by atoms with Gasteiger partial charge in [0.05, 0.1) is 18.7 Å². The largest absolute Gasteiger partial charge is 0.463 e. The summed E-state index contributed by atoms with van der Waals surface area (Å²) in [5, 5.41) is 6.21. The summed E-state index contributed by atoms with van der Waals surface area (Å²) < 4.78 is 5.11. The predicted octanol–water partition coefficient (Wildman–Crippen LogP) is 4.22. The van der Waals surface area contributed by atoms with Gasteiger partial charge >= 0.3 is 5.97 Å². The lowest BCUT2D eigenvalue weighted by Crippen LogP contribution is -2.61. The second-order valence-corrected chi connectivity index (χ2v) is 11.0. The van der Waals surface area contributed by atoms with Crippen LogP contribution >= 0.6 is 0 Å². The third kappa shape index (κ3) is 8.19. The fourth-order valence-electron chi connectivity index (χ4n) is 4.38. The van der Waals surface area contributed by atoms with Crippen molar-refractivity contribution in [2.24, 2.45) is 5.41 Å². The van der Waals surface area contributed by atoms with Crippen LogP contribution in [0, 0.1) is 5.41 Å². The lowest BCUT2D eigenvalue weighted by molar-refractivity contribution is -0.140. The van der Waals surface area contributed by atoms with E-state index in [0.29, 0.717) is 18.6 Å². The zero-order valence-corrected chi connectivity index (χ0v) is 23.9. The van der Waals surface area contributed by atoms with Crippen LogP contribution in [0.25, 0.3) is 0 Å². The molecule has 3 atom stereocenters. The molecule has 0 aliphatic carbocycles. The summed E-state index contributed by atoms with van der Waals surface area (Å²) in [6.07, 6.45) is 3.30. The van der Waals surface area contributed by atoms with Crippen molar-refractivity contribution in [2.45, 2.75) is 91.8 Å². The first kappa shape index (κ1) is 31.4. The van der Waals surface area contributed by atoms with Gasteiger partial charge in [-0.3, -0.25) is 9.59 Å². The maximum Gasteiger partial charge on any atom is 0.333 e. The lowest BCUT2D eigenvalue weighted by Gasteiger charge is -2.39. The molecular weight excluding hydrogens is 454 g/mol. The predicted molar refractivity (Wildman–Crippen MR) is 146 cm³/mol. The van der Waals surface area contributed by atoms with Crippen molar-refractivity contribution in [1.29, 1.82) is 0 Å². The van der Waals surface area contributed by atoms with Gasteiger partial charge in [-0.2, -0.15) is 0 Å². The van der Waals surface area contributed by atoms with Gasteiger partial charge in [-0.05, 0) is 38.3 Å². The molecule has 7 nitrogen and oxygen atoms in total. The minimum Gasteiger partial charge on any atom is -0.463 e. The van der Waals surface area contributed by atoms with Crippen LogP contribution < -0.4 is 10.6 Å². The van der Waals surface area contributed by atoms with Crippen LogP contribution in [0.5, 0.6) is 0 Å². The first-order valence-corrected chi connectivity index (χ1v) is 12.9. The second kappa shape index (κ2) is 13.6. The number of carbonyl (C=O) groups is 3. The molecule has 202 valence electrons. The molecule has 0 spiro atoms. The van der Waals surface area contributed by atoms with Crippen LogP contribution in [-0.4, -0.2) is 61.5 Å². The number of esters is 1. The SMILES string of the molecule is CCC[C@@H](C=C(C)C(=O)OCC)N(C)C(=O)[C@@H](NC(=O)C(NC)C(C)(C)c1ccccc1)C(C)(C)C. The molecule has 0 bridgehead atoms. The van der Waals surface area contributed by atoms with E-state index in [-0.39, 0.29) is 23.8 Å².